The molecule has 0 N–H and O–H groups in total. The quantitative estimate of drug-likeness (QED) is 0.614. The van der Waals surface area contributed by atoms with Crippen LogP contribution in [0.4, 0.5) is 0 Å². The van der Waals surface area contributed by atoms with Gasteiger partial charge in [0.05, 0.1) is 16.9 Å². The molecule has 0 fully saturated rings. The molecule has 2 heterocycles. The van der Waals surface area contributed by atoms with Gasteiger partial charge in [0.2, 0.25) is 0 Å². The molecule has 2 aromatic heterocycles. The van der Waals surface area contributed by atoms with Gasteiger partial charge in [0.15, 0.2) is 0 Å². The summed E-state index contributed by atoms with van der Waals surface area (Å²) in [6.07, 6.45) is 0. The Morgan fingerprint density at radius 3 is 2.14 bits per heavy atom. The number of aromatic nitrogens is 2. The summed E-state index contributed by atoms with van der Waals surface area (Å²) >= 11 is 0. The van der Waals surface area contributed by atoms with Gasteiger partial charge < -0.3 is 0 Å². The molecule has 0 saturated heterocycles. The van der Waals surface area contributed by atoms with E-state index < -0.39 is 0 Å². The van der Waals surface area contributed by atoms with E-state index in [4.69, 9.17) is 4.98 Å². The molecule has 0 radical (unpaired) electrons. The van der Waals surface area contributed by atoms with Crippen molar-refractivity contribution in [1.29, 1.82) is 0 Å². The van der Waals surface area contributed by atoms with Crippen molar-refractivity contribution < 1.29 is 0 Å². The summed E-state index contributed by atoms with van der Waals surface area (Å²) in [5.74, 6) is 0. The van der Waals surface area contributed by atoms with E-state index in [1.807, 2.05) is 13.0 Å². The van der Waals surface area contributed by atoms with Crippen LogP contribution in [0.25, 0.3) is 22.3 Å². The highest BCUT2D eigenvalue weighted by Crippen LogP contribution is 2.27. The first-order valence-corrected chi connectivity index (χ1v) is 7.70. The van der Waals surface area contributed by atoms with E-state index in [-0.39, 0.29) is 5.41 Å². The van der Waals surface area contributed by atoms with E-state index in [1.54, 1.807) is 0 Å². The van der Waals surface area contributed by atoms with Gasteiger partial charge >= 0.3 is 0 Å². The number of benzene rings is 1. The normalized spacial score (nSPS) is 11.9. The molecule has 0 aliphatic carbocycles. The maximum absolute atomic E-state index is 4.78. The summed E-state index contributed by atoms with van der Waals surface area (Å²) < 4.78 is 0. The lowest BCUT2D eigenvalue weighted by atomic mass is 9.86. The van der Waals surface area contributed by atoms with Crippen molar-refractivity contribution in [2.45, 2.75) is 40.0 Å². The Hall–Kier alpha value is -2.22. The van der Waals surface area contributed by atoms with Crippen LogP contribution in [0.15, 0.2) is 42.5 Å². The van der Waals surface area contributed by atoms with Crippen LogP contribution in [0.3, 0.4) is 0 Å². The van der Waals surface area contributed by atoms with Crippen LogP contribution in [0.1, 0.15) is 37.6 Å². The largest absolute Gasteiger partial charge is 0.251 e. The minimum Gasteiger partial charge on any atom is -0.251 e. The molecule has 112 valence electrons. The first kappa shape index (κ1) is 14.7. The van der Waals surface area contributed by atoms with Gasteiger partial charge in [-0.2, -0.15) is 0 Å². The van der Waals surface area contributed by atoms with E-state index >= 15 is 0 Å². The Labute approximate surface area is 132 Å². The van der Waals surface area contributed by atoms with E-state index in [9.17, 15) is 0 Å². The lowest BCUT2D eigenvalue weighted by Gasteiger charge is -2.19. The number of aryl methyl sites for hydroxylation is 2. The number of hydrogen-bond acceptors (Lipinski definition) is 2. The maximum Gasteiger partial charge on any atom is 0.0894 e. The molecule has 2 heteroatoms. The van der Waals surface area contributed by atoms with E-state index in [0.717, 1.165) is 22.6 Å². The molecule has 0 spiro atoms. The molecule has 0 unspecified atom stereocenters. The number of fused-ring (bicyclic) bond motifs is 1. The molecule has 0 aliphatic heterocycles. The molecule has 0 amide bonds. The van der Waals surface area contributed by atoms with Gasteiger partial charge in [0.25, 0.3) is 0 Å². The predicted octanol–water partition coefficient (Wildman–Crippen LogP) is 5.21. The van der Waals surface area contributed by atoms with Crippen molar-refractivity contribution >= 4 is 10.9 Å². The standard InChI is InChI=1S/C20H22N2/c1-13-6-9-18(21-14(13)2)19-10-7-15-12-16(20(3,4)5)8-11-17(15)22-19/h6-12H,1-5H3. The van der Waals surface area contributed by atoms with Gasteiger partial charge in [-0.1, -0.05) is 39.0 Å². The van der Waals surface area contributed by atoms with Gasteiger partial charge in [-0.3, -0.25) is 4.98 Å². The average molecular weight is 290 g/mol. The summed E-state index contributed by atoms with van der Waals surface area (Å²) in [6, 6.07) is 14.9. The first-order chi connectivity index (χ1) is 10.3. The molecular weight excluding hydrogens is 268 g/mol. The topological polar surface area (TPSA) is 25.8 Å². The molecule has 0 atom stereocenters. The minimum atomic E-state index is 0.155. The third kappa shape index (κ3) is 2.74. The van der Waals surface area contributed by atoms with Crippen LogP contribution in [-0.2, 0) is 5.41 Å². The van der Waals surface area contributed by atoms with E-state index in [1.165, 1.54) is 16.5 Å². The second-order valence-electron chi connectivity index (χ2n) is 6.95. The SMILES string of the molecule is Cc1ccc(-c2ccc3cc(C(C)(C)C)ccc3n2)nc1C. The smallest absolute Gasteiger partial charge is 0.0894 e. The van der Waals surface area contributed by atoms with Crippen LogP contribution >= 0.6 is 0 Å². The monoisotopic (exact) mass is 290 g/mol. The zero-order valence-corrected chi connectivity index (χ0v) is 13.9. The average Bonchev–Trinajstić information content (AvgIpc) is 2.48. The molecule has 22 heavy (non-hydrogen) atoms. The van der Waals surface area contributed by atoms with Crippen LogP contribution in [-0.4, -0.2) is 9.97 Å². The lowest BCUT2D eigenvalue weighted by Crippen LogP contribution is -2.10. The van der Waals surface area contributed by atoms with Gasteiger partial charge in [0, 0.05) is 11.1 Å². The van der Waals surface area contributed by atoms with Crippen LogP contribution in [0, 0.1) is 13.8 Å². The lowest BCUT2D eigenvalue weighted by molar-refractivity contribution is 0.591. The summed E-state index contributed by atoms with van der Waals surface area (Å²) in [4.78, 5) is 9.42. The third-order valence-corrected chi connectivity index (χ3v) is 4.17. The fourth-order valence-electron chi connectivity index (χ4n) is 2.51. The highest BCUT2D eigenvalue weighted by atomic mass is 14.8. The van der Waals surface area contributed by atoms with Crippen molar-refractivity contribution in [2.75, 3.05) is 0 Å². The summed E-state index contributed by atoms with van der Waals surface area (Å²) in [5.41, 5.74) is 6.64. The zero-order valence-electron chi connectivity index (χ0n) is 13.9. The molecule has 3 rings (SSSR count). The molecule has 0 aliphatic rings. The molecular formula is C20H22N2. The maximum atomic E-state index is 4.78. The van der Waals surface area contributed by atoms with Crippen LogP contribution in [0.5, 0.6) is 0 Å². The fourth-order valence-corrected chi connectivity index (χ4v) is 2.51. The van der Waals surface area contributed by atoms with Crippen molar-refractivity contribution in [3.8, 4) is 11.4 Å². The third-order valence-electron chi connectivity index (χ3n) is 4.17. The number of pyridine rings is 2. The first-order valence-electron chi connectivity index (χ1n) is 7.70. The molecule has 0 bridgehead atoms. The Balaban J connectivity index is 2.08. The van der Waals surface area contributed by atoms with Crippen molar-refractivity contribution in [2.24, 2.45) is 0 Å². The molecule has 1 aromatic carbocycles. The molecule has 0 saturated carbocycles. The van der Waals surface area contributed by atoms with Crippen molar-refractivity contribution in [3.63, 3.8) is 0 Å². The second-order valence-corrected chi connectivity index (χ2v) is 6.95. The van der Waals surface area contributed by atoms with E-state index in [2.05, 4.69) is 69.1 Å². The summed E-state index contributed by atoms with van der Waals surface area (Å²) in [7, 11) is 0. The second kappa shape index (κ2) is 5.20. The highest BCUT2D eigenvalue weighted by molar-refractivity contribution is 5.82. The van der Waals surface area contributed by atoms with Gasteiger partial charge in [-0.25, -0.2) is 4.98 Å². The Morgan fingerprint density at radius 1 is 0.773 bits per heavy atom. The highest BCUT2D eigenvalue weighted by Gasteiger charge is 2.14. The van der Waals surface area contributed by atoms with Crippen LogP contribution < -0.4 is 0 Å². The summed E-state index contributed by atoms with van der Waals surface area (Å²) in [5, 5.41) is 1.18. The molecule has 3 aromatic rings. The van der Waals surface area contributed by atoms with Crippen molar-refractivity contribution in [1.82, 2.24) is 9.97 Å². The van der Waals surface area contributed by atoms with Crippen molar-refractivity contribution in [3.05, 3.63) is 59.3 Å². The zero-order chi connectivity index (χ0) is 15.9. The van der Waals surface area contributed by atoms with Gasteiger partial charge in [-0.05, 0) is 54.7 Å². The predicted molar refractivity (Wildman–Crippen MR) is 93.1 cm³/mol. The number of hydrogen-bond donors (Lipinski definition) is 0. The Morgan fingerprint density at radius 2 is 1.45 bits per heavy atom. The van der Waals surface area contributed by atoms with Gasteiger partial charge in [-0.15, -0.1) is 0 Å². The Bertz CT molecular complexity index is 842. The van der Waals surface area contributed by atoms with E-state index in [0.29, 0.717) is 0 Å². The Kier molecular flexibility index (Phi) is 3.48. The van der Waals surface area contributed by atoms with Gasteiger partial charge in [0.1, 0.15) is 0 Å². The minimum absolute atomic E-state index is 0.155. The number of rotatable bonds is 1. The fraction of sp³-hybridized carbons (Fsp3) is 0.300. The van der Waals surface area contributed by atoms with Crippen LogP contribution in [0.2, 0.25) is 0 Å². The summed E-state index contributed by atoms with van der Waals surface area (Å²) in [6.45, 7) is 10.8. The molecule has 2 nitrogen and oxygen atoms in total. The number of nitrogens with zero attached hydrogens (tertiary/aromatic N) is 2.